The third-order valence-corrected chi connectivity index (χ3v) is 4.65. The van der Waals surface area contributed by atoms with Crippen LogP contribution in [0, 0.1) is 0 Å². The van der Waals surface area contributed by atoms with E-state index >= 15 is 0 Å². The Hall–Kier alpha value is -2.97. The number of thiocarbonyl (C=S) groups is 1. The molecule has 28 heavy (non-hydrogen) atoms. The molecular formula is C20H16BrN3O3S. The average Bonchev–Trinajstić information content (AvgIpc) is 3.20. The first kappa shape index (κ1) is 19.8. The summed E-state index contributed by atoms with van der Waals surface area (Å²) in [6, 6.07) is 17.4. The fourth-order valence-corrected chi connectivity index (χ4v) is 3.04. The van der Waals surface area contributed by atoms with Gasteiger partial charge in [-0.3, -0.25) is 14.9 Å². The molecule has 0 fully saturated rings. The predicted molar refractivity (Wildman–Crippen MR) is 114 cm³/mol. The van der Waals surface area contributed by atoms with Crippen LogP contribution in [0.25, 0.3) is 0 Å². The number of furan rings is 1. The summed E-state index contributed by atoms with van der Waals surface area (Å²) in [5.41, 5.74) is 1.63. The second-order valence-corrected chi connectivity index (χ2v) is 6.99. The molecule has 1 aromatic heterocycles. The highest BCUT2D eigenvalue weighted by Crippen LogP contribution is 2.16. The highest BCUT2D eigenvalue weighted by atomic mass is 79.9. The molecule has 0 radical (unpaired) electrons. The Bertz CT molecular complexity index is 988. The smallest absolute Gasteiger partial charge is 0.258 e. The minimum Gasteiger partial charge on any atom is -0.467 e. The van der Waals surface area contributed by atoms with Gasteiger partial charge in [-0.25, -0.2) is 0 Å². The van der Waals surface area contributed by atoms with Crippen molar-refractivity contribution in [3.8, 4) is 0 Å². The second kappa shape index (κ2) is 9.29. The summed E-state index contributed by atoms with van der Waals surface area (Å²) in [7, 11) is 0. The number of rotatable bonds is 5. The zero-order chi connectivity index (χ0) is 19.9. The van der Waals surface area contributed by atoms with E-state index in [4.69, 9.17) is 16.6 Å². The minimum absolute atomic E-state index is 0.163. The van der Waals surface area contributed by atoms with E-state index in [0.717, 1.165) is 0 Å². The first-order valence-corrected chi connectivity index (χ1v) is 9.50. The number of benzene rings is 2. The summed E-state index contributed by atoms with van der Waals surface area (Å²) in [5, 5.41) is 8.47. The third kappa shape index (κ3) is 5.28. The topological polar surface area (TPSA) is 83.4 Å². The molecule has 0 atom stereocenters. The number of nitrogens with one attached hydrogen (secondary N) is 3. The van der Waals surface area contributed by atoms with Crippen LogP contribution < -0.4 is 16.0 Å². The van der Waals surface area contributed by atoms with Gasteiger partial charge in [-0.2, -0.15) is 0 Å². The lowest BCUT2D eigenvalue weighted by molar-refractivity contribution is 0.0946. The number of carbonyl (C=O) groups excluding carboxylic acids is 2. The Kier molecular flexibility index (Phi) is 6.57. The molecule has 8 heteroatoms. The van der Waals surface area contributed by atoms with Crippen molar-refractivity contribution in [2.45, 2.75) is 6.54 Å². The standard InChI is InChI=1S/C20H16BrN3O3S/c21-17-6-2-1-5-16(17)19(26)24-20(28)23-14-9-7-13(8-10-14)18(25)22-12-15-4-3-11-27-15/h1-11H,12H2,(H,22,25)(H2,23,24,26,28). The van der Waals surface area contributed by atoms with Gasteiger partial charge in [0.15, 0.2) is 5.11 Å². The zero-order valence-electron chi connectivity index (χ0n) is 14.6. The van der Waals surface area contributed by atoms with Gasteiger partial charge in [-0.15, -0.1) is 0 Å². The van der Waals surface area contributed by atoms with Crippen LogP contribution in [0.3, 0.4) is 0 Å². The van der Waals surface area contributed by atoms with Crippen molar-refractivity contribution in [3.05, 3.63) is 88.3 Å². The molecule has 3 rings (SSSR count). The summed E-state index contributed by atoms with van der Waals surface area (Å²) in [5.74, 6) is 0.143. The van der Waals surface area contributed by atoms with Crippen LogP contribution >= 0.6 is 28.1 Å². The molecule has 1 heterocycles. The molecule has 3 aromatic rings. The van der Waals surface area contributed by atoms with Gasteiger partial charge in [0.25, 0.3) is 11.8 Å². The summed E-state index contributed by atoms with van der Waals surface area (Å²) in [4.78, 5) is 24.4. The fraction of sp³-hybridized carbons (Fsp3) is 0.0500. The molecule has 0 aliphatic rings. The monoisotopic (exact) mass is 457 g/mol. The number of anilines is 1. The molecule has 0 aliphatic heterocycles. The van der Waals surface area contributed by atoms with E-state index in [1.807, 2.05) is 6.07 Å². The van der Waals surface area contributed by atoms with E-state index in [2.05, 4.69) is 31.9 Å². The Morgan fingerprint density at radius 1 is 0.964 bits per heavy atom. The zero-order valence-corrected chi connectivity index (χ0v) is 17.0. The van der Waals surface area contributed by atoms with Crippen molar-refractivity contribution in [1.29, 1.82) is 0 Å². The largest absolute Gasteiger partial charge is 0.467 e. The van der Waals surface area contributed by atoms with Gasteiger partial charge in [0, 0.05) is 15.7 Å². The fourth-order valence-electron chi connectivity index (χ4n) is 2.37. The minimum atomic E-state index is -0.320. The van der Waals surface area contributed by atoms with Gasteiger partial charge >= 0.3 is 0 Å². The number of carbonyl (C=O) groups is 2. The summed E-state index contributed by atoms with van der Waals surface area (Å²) in [6.07, 6.45) is 1.56. The quantitative estimate of drug-likeness (QED) is 0.502. The first-order chi connectivity index (χ1) is 13.5. The van der Waals surface area contributed by atoms with Gasteiger partial charge in [0.2, 0.25) is 0 Å². The van der Waals surface area contributed by atoms with E-state index in [1.54, 1.807) is 60.9 Å². The predicted octanol–water partition coefficient (Wildman–Crippen LogP) is 4.10. The molecule has 142 valence electrons. The highest BCUT2D eigenvalue weighted by Gasteiger charge is 2.11. The Labute approximate surface area is 175 Å². The van der Waals surface area contributed by atoms with E-state index in [-0.39, 0.29) is 16.9 Å². The molecule has 2 amide bonds. The number of hydrogen-bond donors (Lipinski definition) is 3. The Morgan fingerprint density at radius 3 is 2.39 bits per heavy atom. The van der Waals surface area contributed by atoms with Crippen molar-refractivity contribution in [1.82, 2.24) is 10.6 Å². The molecule has 0 saturated carbocycles. The van der Waals surface area contributed by atoms with E-state index in [0.29, 0.717) is 33.6 Å². The molecule has 0 unspecified atom stereocenters. The van der Waals surface area contributed by atoms with Gasteiger partial charge in [-0.1, -0.05) is 12.1 Å². The van der Waals surface area contributed by atoms with Crippen LogP contribution in [-0.2, 0) is 6.54 Å². The van der Waals surface area contributed by atoms with Gasteiger partial charge in [0.1, 0.15) is 5.76 Å². The molecule has 2 aromatic carbocycles. The molecule has 3 N–H and O–H groups in total. The van der Waals surface area contributed by atoms with Crippen LogP contribution in [0.1, 0.15) is 26.5 Å². The van der Waals surface area contributed by atoms with Crippen molar-refractivity contribution in [2.75, 3.05) is 5.32 Å². The van der Waals surface area contributed by atoms with Crippen LogP contribution in [0.2, 0.25) is 0 Å². The maximum Gasteiger partial charge on any atom is 0.258 e. The summed E-state index contributed by atoms with van der Waals surface area (Å²) < 4.78 is 5.86. The lowest BCUT2D eigenvalue weighted by atomic mass is 10.2. The third-order valence-electron chi connectivity index (χ3n) is 3.75. The second-order valence-electron chi connectivity index (χ2n) is 5.73. The van der Waals surface area contributed by atoms with Crippen molar-refractivity contribution in [3.63, 3.8) is 0 Å². The Morgan fingerprint density at radius 2 is 1.71 bits per heavy atom. The maximum atomic E-state index is 12.2. The van der Waals surface area contributed by atoms with E-state index < -0.39 is 0 Å². The van der Waals surface area contributed by atoms with Crippen molar-refractivity contribution >= 4 is 50.8 Å². The van der Waals surface area contributed by atoms with Gasteiger partial charge < -0.3 is 15.1 Å². The van der Waals surface area contributed by atoms with E-state index in [1.165, 1.54) is 0 Å². The first-order valence-electron chi connectivity index (χ1n) is 8.30. The van der Waals surface area contributed by atoms with Crippen molar-refractivity contribution < 1.29 is 14.0 Å². The average molecular weight is 458 g/mol. The number of hydrogen-bond acceptors (Lipinski definition) is 4. The SMILES string of the molecule is O=C(NCc1ccco1)c1ccc(NC(=S)NC(=O)c2ccccc2Br)cc1. The highest BCUT2D eigenvalue weighted by molar-refractivity contribution is 9.10. The lowest BCUT2D eigenvalue weighted by Crippen LogP contribution is -2.34. The van der Waals surface area contributed by atoms with Gasteiger partial charge in [-0.05, 0) is 76.7 Å². The maximum absolute atomic E-state index is 12.2. The number of halogens is 1. The van der Waals surface area contributed by atoms with Gasteiger partial charge in [0.05, 0.1) is 18.4 Å². The molecule has 0 aliphatic carbocycles. The molecule has 0 spiro atoms. The van der Waals surface area contributed by atoms with Crippen molar-refractivity contribution in [2.24, 2.45) is 0 Å². The van der Waals surface area contributed by atoms with E-state index in [9.17, 15) is 9.59 Å². The molecule has 0 bridgehead atoms. The summed E-state index contributed by atoms with van der Waals surface area (Å²) >= 11 is 8.51. The summed E-state index contributed by atoms with van der Waals surface area (Å²) in [6.45, 7) is 0.316. The van der Waals surface area contributed by atoms with Crippen LogP contribution in [0.4, 0.5) is 5.69 Å². The van der Waals surface area contributed by atoms with Crippen LogP contribution in [0.15, 0.2) is 75.8 Å². The molecule has 6 nitrogen and oxygen atoms in total. The number of amides is 2. The molecular weight excluding hydrogens is 442 g/mol. The van der Waals surface area contributed by atoms with Crippen LogP contribution in [0.5, 0.6) is 0 Å². The Balaban J connectivity index is 1.53. The normalized spacial score (nSPS) is 10.2. The molecule has 0 saturated heterocycles. The lowest BCUT2D eigenvalue weighted by Gasteiger charge is -2.11. The van der Waals surface area contributed by atoms with Crippen LogP contribution in [-0.4, -0.2) is 16.9 Å².